The van der Waals surface area contributed by atoms with Crippen molar-refractivity contribution in [3.63, 3.8) is 0 Å². The fourth-order valence-electron chi connectivity index (χ4n) is 2.66. The molecule has 7 heteroatoms. The summed E-state index contributed by atoms with van der Waals surface area (Å²) in [5, 5.41) is 6.87. The van der Waals surface area contributed by atoms with Crippen LogP contribution in [0, 0.1) is 5.82 Å². The Morgan fingerprint density at radius 1 is 1.43 bits per heavy atom. The van der Waals surface area contributed by atoms with Gasteiger partial charge in [-0.1, -0.05) is 17.7 Å². The summed E-state index contributed by atoms with van der Waals surface area (Å²) in [6.07, 6.45) is 3.89. The van der Waals surface area contributed by atoms with Crippen LogP contribution in [0.15, 0.2) is 24.4 Å². The number of nitrogens with one attached hydrogen (secondary N) is 2. The van der Waals surface area contributed by atoms with Crippen LogP contribution in [0.25, 0.3) is 0 Å². The Morgan fingerprint density at radius 2 is 2.22 bits per heavy atom. The summed E-state index contributed by atoms with van der Waals surface area (Å²) in [5.74, 6) is -0.286. The highest BCUT2D eigenvalue weighted by Crippen LogP contribution is 2.31. The molecule has 2 heterocycles. The van der Waals surface area contributed by atoms with Gasteiger partial charge in [0.15, 0.2) is 5.13 Å². The molecule has 23 heavy (non-hydrogen) atoms. The number of piperidine rings is 1. The van der Waals surface area contributed by atoms with Crippen molar-refractivity contribution < 1.29 is 9.18 Å². The minimum absolute atomic E-state index is 0.103. The molecular formula is C16H17ClFN3OS. The van der Waals surface area contributed by atoms with Crippen LogP contribution in [0.4, 0.5) is 9.52 Å². The van der Waals surface area contributed by atoms with Gasteiger partial charge in [0.2, 0.25) is 5.91 Å². The van der Waals surface area contributed by atoms with Crippen molar-refractivity contribution in [3.05, 3.63) is 45.7 Å². The standard InChI is InChI=1S/C16H17ClFN3OS/c17-12-2-1-3-13(18)11(12)8-15(22)21-16-20-9-14(23-16)10-4-6-19-7-5-10/h1-3,9-10,19H,4-8H2,(H,20,21,22). The molecule has 122 valence electrons. The van der Waals surface area contributed by atoms with Gasteiger partial charge >= 0.3 is 0 Å². The molecule has 1 fully saturated rings. The quantitative estimate of drug-likeness (QED) is 0.883. The second kappa shape index (κ2) is 7.38. The minimum atomic E-state index is -0.470. The van der Waals surface area contributed by atoms with Crippen molar-refractivity contribution in [2.24, 2.45) is 0 Å². The summed E-state index contributed by atoms with van der Waals surface area (Å²) in [6.45, 7) is 2.02. The summed E-state index contributed by atoms with van der Waals surface area (Å²) < 4.78 is 13.7. The number of nitrogens with zero attached hydrogens (tertiary/aromatic N) is 1. The smallest absolute Gasteiger partial charge is 0.230 e. The lowest BCUT2D eigenvalue weighted by atomic mass is 9.97. The second-order valence-corrected chi connectivity index (χ2v) is 6.99. The molecule has 1 aromatic carbocycles. The largest absolute Gasteiger partial charge is 0.317 e. The molecule has 2 aromatic rings. The first-order valence-corrected chi connectivity index (χ1v) is 8.72. The molecule has 0 atom stereocenters. The van der Waals surface area contributed by atoms with Crippen LogP contribution in [0.1, 0.15) is 29.2 Å². The predicted octanol–water partition coefficient (Wildman–Crippen LogP) is 3.58. The number of amides is 1. The molecular weight excluding hydrogens is 337 g/mol. The first-order chi connectivity index (χ1) is 11.1. The van der Waals surface area contributed by atoms with Crippen LogP contribution in [0.2, 0.25) is 5.02 Å². The van der Waals surface area contributed by atoms with Gasteiger partial charge in [0, 0.05) is 21.7 Å². The van der Waals surface area contributed by atoms with E-state index in [1.54, 1.807) is 6.07 Å². The number of benzene rings is 1. The average molecular weight is 354 g/mol. The number of rotatable bonds is 4. The molecule has 2 N–H and O–H groups in total. The third-order valence-electron chi connectivity index (χ3n) is 3.91. The van der Waals surface area contributed by atoms with Gasteiger partial charge in [0.1, 0.15) is 5.82 Å². The molecule has 0 aliphatic carbocycles. The summed E-state index contributed by atoms with van der Waals surface area (Å²) in [7, 11) is 0. The third-order valence-corrected chi connectivity index (χ3v) is 5.34. The topological polar surface area (TPSA) is 54.0 Å². The number of hydrogen-bond acceptors (Lipinski definition) is 4. The van der Waals surface area contributed by atoms with Gasteiger partial charge in [-0.2, -0.15) is 0 Å². The Bertz CT molecular complexity index is 680. The summed E-state index contributed by atoms with van der Waals surface area (Å²) in [4.78, 5) is 17.5. The molecule has 0 unspecified atom stereocenters. The molecule has 1 aliphatic rings. The average Bonchev–Trinajstić information content (AvgIpc) is 3.00. The lowest BCUT2D eigenvalue weighted by molar-refractivity contribution is -0.115. The highest BCUT2D eigenvalue weighted by molar-refractivity contribution is 7.15. The molecule has 3 rings (SSSR count). The number of carbonyl (C=O) groups is 1. The van der Waals surface area contributed by atoms with Gasteiger partial charge in [0.05, 0.1) is 6.42 Å². The highest BCUT2D eigenvalue weighted by Gasteiger charge is 2.19. The van der Waals surface area contributed by atoms with E-state index in [-0.39, 0.29) is 22.9 Å². The highest BCUT2D eigenvalue weighted by atomic mass is 35.5. The van der Waals surface area contributed by atoms with Crippen molar-refractivity contribution in [2.45, 2.75) is 25.2 Å². The summed E-state index contributed by atoms with van der Waals surface area (Å²) in [6, 6.07) is 4.39. The van der Waals surface area contributed by atoms with Crippen LogP contribution in [-0.2, 0) is 11.2 Å². The van der Waals surface area contributed by atoms with Crippen LogP contribution < -0.4 is 10.6 Å². The Labute approximate surface area is 143 Å². The van der Waals surface area contributed by atoms with Gasteiger partial charge in [0.25, 0.3) is 0 Å². The zero-order chi connectivity index (χ0) is 16.2. The fourth-order valence-corrected chi connectivity index (χ4v) is 3.90. The second-order valence-electron chi connectivity index (χ2n) is 5.52. The number of hydrogen-bond donors (Lipinski definition) is 2. The number of aromatic nitrogens is 1. The van der Waals surface area contributed by atoms with E-state index in [4.69, 9.17) is 11.6 Å². The lowest BCUT2D eigenvalue weighted by Gasteiger charge is -2.20. The Morgan fingerprint density at radius 3 is 2.96 bits per heavy atom. The third kappa shape index (κ3) is 4.07. The normalized spacial score (nSPS) is 15.6. The van der Waals surface area contributed by atoms with Gasteiger partial charge in [-0.05, 0) is 44.0 Å². The van der Waals surface area contributed by atoms with Crippen molar-refractivity contribution in [1.82, 2.24) is 10.3 Å². The fraction of sp³-hybridized carbons (Fsp3) is 0.375. The predicted molar refractivity (Wildman–Crippen MR) is 90.7 cm³/mol. The van der Waals surface area contributed by atoms with Gasteiger partial charge < -0.3 is 10.6 Å². The van der Waals surface area contributed by atoms with E-state index < -0.39 is 5.82 Å². The zero-order valence-corrected chi connectivity index (χ0v) is 14.0. The first-order valence-electron chi connectivity index (χ1n) is 7.52. The summed E-state index contributed by atoms with van der Waals surface area (Å²) in [5.41, 5.74) is 0.210. The Kier molecular flexibility index (Phi) is 5.25. The van der Waals surface area contributed by atoms with E-state index in [0.29, 0.717) is 11.0 Å². The summed E-state index contributed by atoms with van der Waals surface area (Å²) >= 11 is 7.43. The van der Waals surface area contributed by atoms with E-state index in [9.17, 15) is 9.18 Å². The first kappa shape index (κ1) is 16.4. The maximum Gasteiger partial charge on any atom is 0.230 e. The number of anilines is 1. The van der Waals surface area contributed by atoms with Crippen molar-refractivity contribution in [2.75, 3.05) is 18.4 Å². The maximum atomic E-state index is 13.7. The molecule has 0 radical (unpaired) electrons. The molecule has 1 amide bonds. The molecule has 0 spiro atoms. The monoisotopic (exact) mass is 353 g/mol. The van der Waals surface area contributed by atoms with Crippen molar-refractivity contribution >= 4 is 34.0 Å². The van der Waals surface area contributed by atoms with Gasteiger partial charge in [-0.3, -0.25) is 4.79 Å². The van der Waals surface area contributed by atoms with E-state index in [1.165, 1.54) is 28.3 Å². The van der Waals surface area contributed by atoms with Gasteiger partial charge in [-0.25, -0.2) is 9.37 Å². The number of thiazole rings is 1. The van der Waals surface area contributed by atoms with E-state index in [0.717, 1.165) is 25.9 Å². The number of halogens is 2. The molecule has 0 saturated carbocycles. The van der Waals surface area contributed by atoms with Crippen LogP contribution in [0.3, 0.4) is 0 Å². The Hall–Kier alpha value is -1.50. The van der Waals surface area contributed by atoms with E-state index in [1.807, 2.05) is 6.20 Å². The molecule has 0 bridgehead atoms. The number of carbonyl (C=O) groups excluding carboxylic acids is 1. The lowest BCUT2D eigenvalue weighted by Crippen LogP contribution is -2.26. The van der Waals surface area contributed by atoms with Crippen LogP contribution >= 0.6 is 22.9 Å². The Balaban J connectivity index is 1.63. The zero-order valence-electron chi connectivity index (χ0n) is 12.4. The van der Waals surface area contributed by atoms with E-state index in [2.05, 4.69) is 15.6 Å². The van der Waals surface area contributed by atoms with Crippen LogP contribution in [-0.4, -0.2) is 24.0 Å². The SMILES string of the molecule is O=C(Cc1c(F)cccc1Cl)Nc1ncc(C2CCNCC2)s1. The van der Waals surface area contributed by atoms with Gasteiger partial charge in [-0.15, -0.1) is 11.3 Å². The van der Waals surface area contributed by atoms with Crippen LogP contribution in [0.5, 0.6) is 0 Å². The van der Waals surface area contributed by atoms with Crippen molar-refractivity contribution in [3.8, 4) is 0 Å². The van der Waals surface area contributed by atoms with E-state index >= 15 is 0 Å². The molecule has 4 nitrogen and oxygen atoms in total. The molecule has 1 aliphatic heterocycles. The molecule has 1 aromatic heterocycles. The molecule has 1 saturated heterocycles. The van der Waals surface area contributed by atoms with Crippen molar-refractivity contribution in [1.29, 1.82) is 0 Å². The maximum absolute atomic E-state index is 13.7. The minimum Gasteiger partial charge on any atom is -0.317 e.